The van der Waals surface area contributed by atoms with Crippen LogP contribution in [0.5, 0.6) is 0 Å². The first kappa shape index (κ1) is 20.6. The van der Waals surface area contributed by atoms with Crippen molar-refractivity contribution in [3.8, 4) is 0 Å². The molecule has 0 saturated carbocycles. The lowest BCUT2D eigenvalue weighted by molar-refractivity contribution is -0.384. The maximum Gasteiger partial charge on any atom is 0.339 e. The van der Waals surface area contributed by atoms with E-state index in [9.17, 15) is 14.9 Å². The molecule has 0 spiro atoms. The van der Waals surface area contributed by atoms with Gasteiger partial charge in [0.2, 0.25) is 0 Å². The summed E-state index contributed by atoms with van der Waals surface area (Å²) in [5.74, 6) is -0.447. The highest BCUT2D eigenvalue weighted by Gasteiger charge is 2.27. The fourth-order valence-electron chi connectivity index (χ4n) is 4.24. The number of allylic oxidation sites excluding steroid dienone is 1. The Labute approximate surface area is 190 Å². The van der Waals surface area contributed by atoms with Gasteiger partial charge in [-0.3, -0.25) is 10.1 Å². The van der Waals surface area contributed by atoms with Gasteiger partial charge in [0.25, 0.3) is 5.69 Å². The molecular weight excluding hydrogens is 416 g/mol. The highest BCUT2D eigenvalue weighted by atomic mass is 16.6. The predicted molar refractivity (Wildman–Crippen MR) is 127 cm³/mol. The molecule has 0 amide bonds. The van der Waals surface area contributed by atoms with Crippen LogP contribution in [0.3, 0.4) is 0 Å². The van der Waals surface area contributed by atoms with Crippen molar-refractivity contribution >= 4 is 34.2 Å². The monoisotopic (exact) mass is 436 g/mol. The molecule has 4 aromatic rings. The Balaban J connectivity index is 1.52. The van der Waals surface area contributed by atoms with Crippen molar-refractivity contribution in [3.05, 3.63) is 117 Å². The van der Waals surface area contributed by atoms with Crippen LogP contribution in [0.15, 0.2) is 78.9 Å². The number of carbonyl (C=O) groups is 1. The molecule has 6 nitrogen and oxygen atoms in total. The van der Waals surface area contributed by atoms with Crippen molar-refractivity contribution in [1.29, 1.82) is 0 Å². The van der Waals surface area contributed by atoms with Gasteiger partial charge in [-0.05, 0) is 47.2 Å². The number of aromatic nitrogens is 1. The quantitative estimate of drug-likeness (QED) is 0.218. The van der Waals surface area contributed by atoms with E-state index in [-0.39, 0.29) is 12.3 Å². The van der Waals surface area contributed by atoms with E-state index in [4.69, 9.17) is 9.72 Å². The number of ether oxygens (including phenoxy) is 1. The van der Waals surface area contributed by atoms with E-state index in [1.54, 1.807) is 12.1 Å². The number of fused-ring (bicyclic) bond motifs is 2. The Hall–Kier alpha value is -4.32. The van der Waals surface area contributed by atoms with Crippen molar-refractivity contribution in [2.75, 3.05) is 0 Å². The minimum atomic E-state index is -0.463. The summed E-state index contributed by atoms with van der Waals surface area (Å²) in [6.07, 6.45) is 3.61. The topological polar surface area (TPSA) is 82.3 Å². The summed E-state index contributed by atoms with van der Waals surface area (Å²) in [4.78, 5) is 28.7. The summed E-state index contributed by atoms with van der Waals surface area (Å²) in [6.45, 7) is -0.0430. The standard InChI is InChI=1S/C27H20N2O4/c30-27(33-17-19-9-6-10-21(16-19)29(31)32)25-22-11-4-5-12-24(22)28-26-20(13-14-23(25)26)15-18-7-2-1-3-8-18/h1-12,15-16H,13-14,17H2. The molecule has 3 aromatic carbocycles. The Morgan fingerprint density at radius 1 is 1.00 bits per heavy atom. The normalized spacial score (nSPS) is 13.8. The Kier molecular flexibility index (Phi) is 5.40. The molecule has 1 heterocycles. The molecule has 1 aromatic heterocycles. The number of hydrogen-bond acceptors (Lipinski definition) is 5. The van der Waals surface area contributed by atoms with Gasteiger partial charge in [-0.2, -0.15) is 0 Å². The lowest BCUT2D eigenvalue weighted by Crippen LogP contribution is -2.10. The van der Waals surface area contributed by atoms with Crippen molar-refractivity contribution in [3.63, 3.8) is 0 Å². The maximum atomic E-state index is 13.3. The van der Waals surface area contributed by atoms with Crippen LogP contribution in [-0.4, -0.2) is 15.9 Å². The number of pyridine rings is 1. The molecule has 1 aliphatic rings. The predicted octanol–water partition coefficient (Wildman–Crippen LogP) is 5.99. The second-order valence-electron chi connectivity index (χ2n) is 7.91. The van der Waals surface area contributed by atoms with Crippen LogP contribution in [0, 0.1) is 10.1 Å². The van der Waals surface area contributed by atoms with Gasteiger partial charge in [-0.15, -0.1) is 0 Å². The molecule has 1 aliphatic carbocycles. The molecular formula is C27H20N2O4. The first-order valence-electron chi connectivity index (χ1n) is 10.7. The van der Waals surface area contributed by atoms with E-state index in [0.29, 0.717) is 17.5 Å². The number of rotatable bonds is 5. The summed E-state index contributed by atoms with van der Waals surface area (Å²) < 4.78 is 5.63. The van der Waals surface area contributed by atoms with Crippen LogP contribution in [0.25, 0.3) is 22.6 Å². The van der Waals surface area contributed by atoms with E-state index in [1.807, 2.05) is 54.6 Å². The molecule has 6 heteroatoms. The van der Waals surface area contributed by atoms with Crippen molar-refractivity contribution in [1.82, 2.24) is 4.98 Å². The number of hydrogen-bond donors (Lipinski definition) is 0. The highest BCUT2D eigenvalue weighted by Crippen LogP contribution is 2.37. The van der Waals surface area contributed by atoms with Crippen molar-refractivity contribution in [2.45, 2.75) is 19.4 Å². The van der Waals surface area contributed by atoms with Gasteiger partial charge in [-0.1, -0.05) is 60.7 Å². The third-order valence-corrected chi connectivity index (χ3v) is 5.78. The number of carbonyl (C=O) groups excluding carboxylic acids is 1. The van der Waals surface area contributed by atoms with Crippen LogP contribution in [0.2, 0.25) is 0 Å². The third-order valence-electron chi connectivity index (χ3n) is 5.78. The van der Waals surface area contributed by atoms with Crippen LogP contribution >= 0.6 is 0 Å². The number of benzene rings is 3. The highest BCUT2D eigenvalue weighted by molar-refractivity contribution is 6.07. The summed E-state index contributed by atoms with van der Waals surface area (Å²) in [5.41, 5.74) is 5.70. The summed E-state index contributed by atoms with van der Waals surface area (Å²) >= 11 is 0. The third kappa shape index (κ3) is 4.11. The van der Waals surface area contributed by atoms with Gasteiger partial charge in [0.1, 0.15) is 6.61 Å². The fourth-order valence-corrected chi connectivity index (χ4v) is 4.24. The zero-order chi connectivity index (χ0) is 22.8. The number of nitro groups is 1. The summed E-state index contributed by atoms with van der Waals surface area (Å²) in [5, 5.41) is 11.8. The molecule has 0 unspecified atom stereocenters. The average Bonchev–Trinajstić information content (AvgIpc) is 3.23. The second-order valence-corrected chi connectivity index (χ2v) is 7.91. The van der Waals surface area contributed by atoms with Crippen LogP contribution < -0.4 is 0 Å². The minimum absolute atomic E-state index is 0.0329. The first-order chi connectivity index (χ1) is 16.1. The van der Waals surface area contributed by atoms with Gasteiger partial charge >= 0.3 is 5.97 Å². The molecule has 0 radical (unpaired) electrons. The van der Waals surface area contributed by atoms with Gasteiger partial charge in [0, 0.05) is 17.5 Å². The van der Waals surface area contributed by atoms with E-state index >= 15 is 0 Å². The van der Waals surface area contributed by atoms with E-state index in [0.717, 1.165) is 39.7 Å². The number of nitrogens with zero attached hydrogens (tertiary/aromatic N) is 2. The van der Waals surface area contributed by atoms with E-state index in [1.165, 1.54) is 12.1 Å². The molecule has 0 N–H and O–H groups in total. The van der Waals surface area contributed by atoms with Crippen LogP contribution in [-0.2, 0) is 17.8 Å². The van der Waals surface area contributed by atoms with Gasteiger partial charge in [-0.25, -0.2) is 9.78 Å². The van der Waals surface area contributed by atoms with E-state index in [2.05, 4.69) is 6.08 Å². The fraction of sp³-hybridized carbons (Fsp3) is 0.111. The number of nitro benzene ring substituents is 1. The molecule has 0 saturated heterocycles. The number of para-hydroxylation sites is 1. The summed E-state index contributed by atoms with van der Waals surface area (Å²) in [6, 6.07) is 23.7. The Morgan fingerprint density at radius 3 is 2.61 bits per heavy atom. The largest absolute Gasteiger partial charge is 0.457 e. The first-order valence-corrected chi connectivity index (χ1v) is 10.7. The molecule has 0 aliphatic heterocycles. The number of esters is 1. The van der Waals surface area contributed by atoms with Crippen LogP contribution in [0.1, 0.15) is 39.2 Å². The SMILES string of the molecule is O=C(OCc1cccc([N+](=O)[O-])c1)c1c2c(nc3ccccc13)C(=Cc1ccccc1)CC2. The number of non-ortho nitro benzene ring substituents is 1. The summed E-state index contributed by atoms with van der Waals surface area (Å²) in [7, 11) is 0. The minimum Gasteiger partial charge on any atom is -0.457 e. The van der Waals surface area contributed by atoms with Crippen molar-refractivity contribution in [2.24, 2.45) is 0 Å². The van der Waals surface area contributed by atoms with Crippen molar-refractivity contribution < 1.29 is 14.5 Å². The average molecular weight is 436 g/mol. The van der Waals surface area contributed by atoms with E-state index < -0.39 is 10.9 Å². The molecule has 0 fully saturated rings. The molecule has 33 heavy (non-hydrogen) atoms. The van der Waals surface area contributed by atoms with Crippen LogP contribution in [0.4, 0.5) is 5.69 Å². The molecule has 5 rings (SSSR count). The molecule has 0 bridgehead atoms. The van der Waals surface area contributed by atoms with Gasteiger partial charge in [0.05, 0.1) is 21.7 Å². The zero-order valence-electron chi connectivity index (χ0n) is 17.7. The smallest absolute Gasteiger partial charge is 0.339 e. The Bertz CT molecular complexity index is 1410. The molecule has 0 atom stereocenters. The maximum absolute atomic E-state index is 13.3. The second kappa shape index (κ2) is 8.67. The Morgan fingerprint density at radius 2 is 1.79 bits per heavy atom. The van der Waals surface area contributed by atoms with Gasteiger partial charge < -0.3 is 4.74 Å². The molecule has 162 valence electrons. The van der Waals surface area contributed by atoms with Gasteiger partial charge in [0.15, 0.2) is 0 Å². The lowest BCUT2D eigenvalue weighted by Gasteiger charge is -2.12. The zero-order valence-corrected chi connectivity index (χ0v) is 17.7. The lowest BCUT2D eigenvalue weighted by atomic mass is 10.0.